The zero-order valence-corrected chi connectivity index (χ0v) is 18.2. The van der Waals surface area contributed by atoms with Gasteiger partial charge in [-0.3, -0.25) is 9.59 Å². The van der Waals surface area contributed by atoms with Gasteiger partial charge in [0, 0.05) is 6.42 Å². The van der Waals surface area contributed by atoms with E-state index in [1.54, 1.807) is 13.8 Å². The second-order valence-electron chi connectivity index (χ2n) is 6.92. The third-order valence-corrected chi connectivity index (χ3v) is 5.44. The summed E-state index contributed by atoms with van der Waals surface area (Å²) in [4.78, 5) is 24.4. The lowest BCUT2D eigenvalue weighted by Gasteiger charge is -2.29. The highest BCUT2D eigenvalue weighted by atomic mass is 127. The highest BCUT2D eigenvalue weighted by Gasteiger charge is 2.57. The molecule has 0 saturated heterocycles. The molecule has 0 aliphatic rings. The van der Waals surface area contributed by atoms with Gasteiger partial charge >= 0.3 is 24.0 Å². The van der Waals surface area contributed by atoms with Crippen molar-refractivity contribution < 1.29 is 41.4 Å². The van der Waals surface area contributed by atoms with Crippen molar-refractivity contribution in [3.8, 4) is 0 Å². The molecule has 0 aliphatic heterocycles. The monoisotopic (exact) mass is 530 g/mol. The van der Waals surface area contributed by atoms with Crippen molar-refractivity contribution in [3.63, 3.8) is 0 Å². The van der Waals surface area contributed by atoms with Crippen LogP contribution in [-0.2, 0) is 14.3 Å². The molecule has 166 valence electrons. The Morgan fingerprint density at radius 1 is 0.964 bits per heavy atom. The summed E-state index contributed by atoms with van der Waals surface area (Å²) in [5.74, 6) is -7.55. The van der Waals surface area contributed by atoms with Gasteiger partial charge in [0.1, 0.15) is 0 Å². The Balaban J connectivity index is 5.31. The zero-order valence-electron chi connectivity index (χ0n) is 16.1. The molecule has 0 spiro atoms. The summed E-state index contributed by atoms with van der Waals surface area (Å²) in [5, 5.41) is 9.66. The fraction of sp³-hybridized carbons (Fsp3) is 0.889. The smallest absolute Gasteiger partial charge is 0.453 e. The molecule has 0 saturated carbocycles. The van der Waals surface area contributed by atoms with E-state index in [-0.39, 0.29) is 6.42 Å². The lowest BCUT2D eigenvalue weighted by atomic mass is 9.77. The van der Waals surface area contributed by atoms with Crippen LogP contribution in [0.5, 0.6) is 0 Å². The Morgan fingerprint density at radius 3 is 1.96 bits per heavy atom. The highest BCUT2D eigenvalue weighted by Crippen LogP contribution is 2.41. The van der Waals surface area contributed by atoms with Gasteiger partial charge in [-0.05, 0) is 43.5 Å². The summed E-state index contributed by atoms with van der Waals surface area (Å²) in [6.07, 6.45) is -6.30. The third kappa shape index (κ3) is 8.36. The zero-order chi connectivity index (χ0) is 22.0. The molecular weight excluding hydrogens is 502 g/mol. The third-order valence-electron chi connectivity index (χ3n) is 4.68. The first-order valence-corrected chi connectivity index (χ1v) is 10.8. The van der Waals surface area contributed by atoms with Gasteiger partial charge in [-0.1, -0.05) is 48.8 Å². The van der Waals surface area contributed by atoms with Crippen LogP contribution >= 0.6 is 22.6 Å². The molecule has 0 aromatic heterocycles. The van der Waals surface area contributed by atoms with E-state index >= 15 is 0 Å². The lowest BCUT2D eigenvalue weighted by Crippen LogP contribution is -2.43. The molecule has 10 heteroatoms. The molecule has 0 aromatic rings. The average Bonchev–Trinajstić information content (AvgIpc) is 2.58. The molecule has 2 atom stereocenters. The van der Waals surface area contributed by atoms with Crippen molar-refractivity contribution in [2.75, 3.05) is 4.43 Å². The van der Waals surface area contributed by atoms with E-state index in [0.717, 1.165) is 17.3 Å². The van der Waals surface area contributed by atoms with Gasteiger partial charge in [0.05, 0.1) is 6.10 Å². The van der Waals surface area contributed by atoms with Gasteiger partial charge in [0.25, 0.3) is 0 Å². The standard InChI is InChI=1S/C18H28F5IO4/c1-3-13(2)28-15(27)16(14(25)26,9-6-4-5-7-12-24)10-8-11-17(19,20)18(21,22)23/h13H,3-12H2,1-2H3,(H,25,26). The Morgan fingerprint density at radius 2 is 1.50 bits per heavy atom. The molecule has 0 radical (unpaired) electrons. The maximum atomic E-state index is 13.2. The number of carboxylic acid groups (broad SMARTS) is 1. The van der Waals surface area contributed by atoms with E-state index in [1.807, 2.05) is 0 Å². The topological polar surface area (TPSA) is 63.6 Å². The molecule has 0 aliphatic carbocycles. The van der Waals surface area contributed by atoms with Crippen molar-refractivity contribution in [2.45, 2.75) is 89.8 Å². The van der Waals surface area contributed by atoms with Gasteiger partial charge in [0.15, 0.2) is 5.41 Å². The largest absolute Gasteiger partial charge is 0.480 e. The van der Waals surface area contributed by atoms with Crippen molar-refractivity contribution in [1.82, 2.24) is 0 Å². The minimum Gasteiger partial charge on any atom is -0.480 e. The highest BCUT2D eigenvalue weighted by molar-refractivity contribution is 14.1. The normalized spacial score (nSPS) is 15.7. The second kappa shape index (κ2) is 12.1. The van der Waals surface area contributed by atoms with Gasteiger partial charge in [-0.2, -0.15) is 22.0 Å². The molecule has 0 fully saturated rings. The van der Waals surface area contributed by atoms with E-state index in [0.29, 0.717) is 19.3 Å². The number of ether oxygens (including phenoxy) is 1. The van der Waals surface area contributed by atoms with Crippen LogP contribution in [0.25, 0.3) is 0 Å². The van der Waals surface area contributed by atoms with Gasteiger partial charge < -0.3 is 9.84 Å². The molecular formula is C18H28F5IO4. The van der Waals surface area contributed by atoms with Crippen LogP contribution in [-0.4, -0.2) is 39.7 Å². The fourth-order valence-electron chi connectivity index (χ4n) is 2.64. The molecule has 0 aromatic carbocycles. The van der Waals surface area contributed by atoms with E-state index in [9.17, 15) is 36.6 Å². The van der Waals surface area contributed by atoms with Crippen LogP contribution in [0.15, 0.2) is 0 Å². The number of unbranched alkanes of at least 4 members (excludes halogenated alkanes) is 3. The minimum atomic E-state index is -5.71. The molecule has 1 N–H and O–H groups in total. The Kier molecular flexibility index (Phi) is 11.8. The number of halogens is 6. The Labute approximate surface area is 175 Å². The summed E-state index contributed by atoms with van der Waals surface area (Å²) in [5.41, 5.74) is -2.12. The minimum absolute atomic E-state index is 0.156. The number of hydrogen-bond donors (Lipinski definition) is 1. The van der Waals surface area contributed by atoms with E-state index in [2.05, 4.69) is 22.6 Å². The lowest BCUT2D eigenvalue weighted by molar-refractivity contribution is -0.284. The molecule has 2 unspecified atom stereocenters. The van der Waals surface area contributed by atoms with Crippen molar-refractivity contribution in [1.29, 1.82) is 0 Å². The van der Waals surface area contributed by atoms with Crippen LogP contribution in [0.4, 0.5) is 22.0 Å². The van der Waals surface area contributed by atoms with Crippen LogP contribution in [0, 0.1) is 5.41 Å². The first-order valence-electron chi connectivity index (χ1n) is 9.29. The summed E-state index contributed by atoms with van der Waals surface area (Å²) < 4.78 is 69.4. The van der Waals surface area contributed by atoms with Crippen molar-refractivity contribution in [2.24, 2.45) is 5.41 Å². The van der Waals surface area contributed by atoms with E-state index < -0.39 is 54.8 Å². The molecule has 28 heavy (non-hydrogen) atoms. The summed E-state index contributed by atoms with van der Waals surface area (Å²) in [6.45, 7) is 3.27. The van der Waals surface area contributed by atoms with Gasteiger partial charge in [-0.25, -0.2) is 0 Å². The summed E-state index contributed by atoms with van der Waals surface area (Å²) >= 11 is 2.19. The van der Waals surface area contributed by atoms with Crippen molar-refractivity contribution >= 4 is 34.5 Å². The van der Waals surface area contributed by atoms with Crippen LogP contribution in [0.2, 0.25) is 0 Å². The first kappa shape index (κ1) is 27.3. The predicted octanol–water partition coefficient (Wildman–Crippen LogP) is 6.15. The Hall–Kier alpha value is -0.680. The molecule has 4 nitrogen and oxygen atoms in total. The quantitative estimate of drug-likeness (QED) is 0.0731. The number of alkyl halides is 6. The van der Waals surface area contributed by atoms with E-state index in [1.165, 1.54) is 0 Å². The first-order chi connectivity index (χ1) is 12.8. The van der Waals surface area contributed by atoms with Crippen molar-refractivity contribution in [3.05, 3.63) is 0 Å². The maximum absolute atomic E-state index is 13.2. The van der Waals surface area contributed by atoms with Crippen LogP contribution in [0.3, 0.4) is 0 Å². The van der Waals surface area contributed by atoms with Crippen LogP contribution in [0.1, 0.15) is 71.6 Å². The number of hydrogen-bond acceptors (Lipinski definition) is 3. The Bertz CT molecular complexity index is 499. The fourth-order valence-corrected chi connectivity index (χ4v) is 3.18. The van der Waals surface area contributed by atoms with E-state index in [4.69, 9.17) is 4.74 Å². The molecule has 0 heterocycles. The number of carbonyl (C=O) groups is 2. The summed E-state index contributed by atoms with van der Waals surface area (Å²) in [6, 6.07) is 0. The number of esters is 1. The predicted molar refractivity (Wildman–Crippen MR) is 103 cm³/mol. The molecule has 0 bridgehead atoms. The number of rotatable bonds is 14. The molecule has 0 amide bonds. The summed E-state index contributed by atoms with van der Waals surface area (Å²) in [7, 11) is 0. The van der Waals surface area contributed by atoms with Gasteiger partial charge in [-0.15, -0.1) is 0 Å². The number of aliphatic carboxylic acids is 1. The SMILES string of the molecule is CCC(C)OC(=O)C(CCCCCCI)(CCCC(F)(F)C(F)(F)F)C(=O)O. The maximum Gasteiger partial charge on any atom is 0.453 e. The average molecular weight is 530 g/mol. The number of carbonyl (C=O) groups excluding carboxylic acids is 1. The molecule has 0 rings (SSSR count). The number of carboxylic acids is 1. The van der Waals surface area contributed by atoms with Crippen LogP contribution < -0.4 is 0 Å². The van der Waals surface area contributed by atoms with Gasteiger partial charge in [0.2, 0.25) is 0 Å². The second-order valence-corrected chi connectivity index (χ2v) is 8.00.